The number of nitrogens with one attached hydrogen (secondary N) is 1. The van der Waals surface area contributed by atoms with Crippen molar-refractivity contribution < 1.29 is 0 Å². The lowest BCUT2D eigenvalue weighted by molar-refractivity contribution is 0.392. The Morgan fingerprint density at radius 2 is 1.89 bits per heavy atom. The number of aromatic nitrogens is 2. The molecular weight excluding hydrogens is 248 g/mol. The largest absolute Gasteiger partial charge is 0.364 e. The number of anilines is 1. The van der Waals surface area contributed by atoms with Gasteiger partial charge in [-0.15, -0.1) is 10.2 Å². The monoisotopic (exact) mass is 264 g/mol. The Hall–Kier alpha value is -1.39. The van der Waals surface area contributed by atoms with Gasteiger partial charge in [-0.2, -0.15) is 0 Å². The summed E-state index contributed by atoms with van der Waals surface area (Å²) in [5.74, 6) is 0.782. The summed E-state index contributed by atoms with van der Waals surface area (Å²) in [6.07, 6.45) is 0. The maximum absolute atomic E-state index is 6.04. The maximum Gasteiger partial charge on any atom is 0.159 e. The molecule has 1 unspecified atom stereocenters. The number of likely N-dealkylation sites (N-methyl/N-ethyl adjacent to an activating group) is 1. The normalized spacial score (nSPS) is 12.9. The van der Waals surface area contributed by atoms with Gasteiger partial charge < -0.3 is 10.2 Å². The van der Waals surface area contributed by atoms with Crippen LogP contribution in [0.4, 0.5) is 5.82 Å². The molecular formula is C13H17ClN4. The van der Waals surface area contributed by atoms with Crippen LogP contribution in [0.3, 0.4) is 0 Å². The van der Waals surface area contributed by atoms with Gasteiger partial charge in [0.15, 0.2) is 11.0 Å². The third kappa shape index (κ3) is 2.89. The Bertz CT molecular complexity index is 542. The molecule has 0 saturated heterocycles. The Balaban J connectivity index is 2.31. The summed E-state index contributed by atoms with van der Waals surface area (Å²) in [6.45, 7) is 3.05. The van der Waals surface area contributed by atoms with Gasteiger partial charge in [0.25, 0.3) is 0 Å². The predicted octanol–water partition coefficient (Wildman–Crippen LogP) is 2.65. The predicted molar refractivity (Wildman–Crippen MR) is 76.2 cm³/mol. The fourth-order valence-corrected chi connectivity index (χ4v) is 2.21. The van der Waals surface area contributed by atoms with E-state index in [9.17, 15) is 0 Å². The van der Waals surface area contributed by atoms with Crippen molar-refractivity contribution in [3.8, 4) is 0 Å². The van der Waals surface area contributed by atoms with E-state index in [4.69, 9.17) is 11.6 Å². The number of nitrogens with zero attached hydrogens (tertiary/aromatic N) is 3. The van der Waals surface area contributed by atoms with Crippen LogP contribution in [0.25, 0.3) is 10.8 Å². The SMILES string of the molecule is CC(CN(C)C)Nc1nnc(Cl)c2ccccc12. The Morgan fingerprint density at radius 3 is 2.56 bits per heavy atom. The molecule has 0 bridgehead atoms. The third-order valence-corrected chi connectivity index (χ3v) is 2.94. The van der Waals surface area contributed by atoms with E-state index in [1.807, 2.05) is 38.4 Å². The highest BCUT2D eigenvalue weighted by Gasteiger charge is 2.10. The molecule has 0 fully saturated rings. The van der Waals surface area contributed by atoms with Crippen molar-refractivity contribution in [3.63, 3.8) is 0 Å². The van der Waals surface area contributed by atoms with Crippen molar-refractivity contribution in [1.29, 1.82) is 0 Å². The van der Waals surface area contributed by atoms with Gasteiger partial charge in [-0.25, -0.2) is 0 Å². The zero-order chi connectivity index (χ0) is 13.1. The van der Waals surface area contributed by atoms with E-state index in [1.165, 1.54) is 0 Å². The van der Waals surface area contributed by atoms with Gasteiger partial charge >= 0.3 is 0 Å². The third-order valence-electron chi connectivity index (χ3n) is 2.66. The van der Waals surface area contributed by atoms with Crippen molar-refractivity contribution in [3.05, 3.63) is 29.4 Å². The lowest BCUT2D eigenvalue weighted by Gasteiger charge is -2.19. The van der Waals surface area contributed by atoms with Crippen LogP contribution in [0, 0.1) is 0 Å². The number of rotatable bonds is 4. The maximum atomic E-state index is 6.04. The molecule has 2 rings (SSSR count). The smallest absolute Gasteiger partial charge is 0.159 e. The van der Waals surface area contributed by atoms with Crippen molar-refractivity contribution in [2.75, 3.05) is 26.0 Å². The quantitative estimate of drug-likeness (QED) is 0.922. The molecule has 1 aromatic heterocycles. The van der Waals surface area contributed by atoms with Crippen LogP contribution in [-0.2, 0) is 0 Å². The molecule has 2 aromatic rings. The van der Waals surface area contributed by atoms with Crippen molar-refractivity contribution in [1.82, 2.24) is 15.1 Å². The fourth-order valence-electron chi connectivity index (χ4n) is 2.00. The molecule has 1 aromatic carbocycles. The molecule has 0 spiro atoms. The van der Waals surface area contributed by atoms with Gasteiger partial charge in [0.2, 0.25) is 0 Å². The Morgan fingerprint density at radius 1 is 1.22 bits per heavy atom. The van der Waals surface area contributed by atoms with Crippen LogP contribution in [-0.4, -0.2) is 41.8 Å². The molecule has 4 nitrogen and oxygen atoms in total. The first-order chi connectivity index (χ1) is 8.58. The zero-order valence-corrected chi connectivity index (χ0v) is 11.6. The summed E-state index contributed by atoms with van der Waals surface area (Å²) in [7, 11) is 4.09. The van der Waals surface area contributed by atoms with Crippen molar-refractivity contribution >= 4 is 28.2 Å². The van der Waals surface area contributed by atoms with Crippen molar-refractivity contribution in [2.45, 2.75) is 13.0 Å². The van der Waals surface area contributed by atoms with Gasteiger partial charge in [0.05, 0.1) is 0 Å². The van der Waals surface area contributed by atoms with Crippen LogP contribution < -0.4 is 5.32 Å². The van der Waals surface area contributed by atoms with E-state index in [0.29, 0.717) is 11.2 Å². The van der Waals surface area contributed by atoms with Crippen molar-refractivity contribution in [2.24, 2.45) is 0 Å². The topological polar surface area (TPSA) is 41.0 Å². The van der Waals surface area contributed by atoms with E-state index in [0.717, 1.165) is 23.1 Å². The first-order valence-electron chi connectivity index (χ1n) is 5.90. The summed E-state index contributed by atoms with van der Waals surface area (Å²) in [6, 6.07) is 8.17. The molecule has 0 saturated carbocycles. The van der Waals surface area contributed by atoms with E-state index < -0.39 is 0 Å². The van der Waals surface area contributed by atoms with Crippen LogP contribution in [0.1, 0.15) is 6.92 Å². The minimum Gasteiger partial charge on any atom is -0.364 e. The molecule has 1 N–H and O–H groups in total. The second kappa shape index (κ2) is 5.50. The second-order valence-corrected chi connectivity index (χ2v) is 5.05. The number of fused-ring (bicyclic) bond motifs is 1. The van der Waals surface area contributed by atoms with E-state index in [2.05, 4.69) is 27.3 Å². The molecule has 96 valence electrons. The average Bonchev–Trinajstić information content (AvgIpc) is 2.32. The molecule has 0 amide bonds. The van der Waals surface area contributed by atoms with Gasteiger partial charge in [-0.05, 0) is 21.0 Å². The Labute approximate surface area is 112 Å². The van der Waals surface area contributed by atoms with Crippen LogP contribution >= 0.6 is 11.6 Å². The summed E-state index contributed by atoms with van der Waals surface area (Å²) in [4.78, 5) is 2.13. The van der Waals surface area contributed by atoms with Crippen LogP contribution in [0.2, 0.25) is 5.15 Å². The molecule has 18 heavy (non-hydrogen) atoms. The van der Waals surface area contributed by atoms with E-state index in [1.54, 1.807) is 0 Å². The molecule has 0 aliphatic rings. The highest BCUT2D eigenvalue weighted by atomic mass is 35.5. The van der Waals surface area contributed by atoms with E-state index >= 15 is 0 Å². The van der Waals surface area contributed by atoms with Gasteiger partial charge in [0, 0.05) is 23.4 Å². The van der Waals surface area contributed by atoms with Gasteiger partial charge in [-0.1, -0.05) is 35.9 Å². The first kappa shape index (κ1) is 13.1. The molecule has 0 radical (unpaired) electrons. The average molecular weight is 265 g/mol. The summed E-state index contributed by atoms with van der Waals surface area (Å²) in [5.41, 5.74) is 0. The number of hydrogen-bond acceptors (Lipinski definition) is 4. The molecule has 0 aliphatic carbocycles. The lowest BCUT2D eigenvalue weighted by atomic mass is 10.2. The highest BCUT2D eigenvalue weighted by Crippen LogP contribution is 2.25. The number of benzene rings is 1. The van der Waals surface area contributed by atoms with Gasteiger partial charge in [-0.3, -0.25) is 0 Å². The molecule has 1 atom stereocenters. The van der Waals surface area contributed by atoms with Crippen LogP contribution in [0.15, 0.2) is 24.3 Å². The first-order valence-corrected chi connectivity index (χ1v) is 6.28. The van der Waals surface area contributed by atoms with E-state index in [-0.39, 0.29) is 0 Å². The fraction of sp³-hybridized carbons (Fsp3) is 0.385. The summed E-state index contributed by atoms with van der Waals surface area (Å²) < 4.78 is 0. The summed E-state index contributed by atoms with van der Waals surface area (Å²) in [5, 5.41) is 13.9. The molecule has 1 heterocycles. The Kier molecular flexibility index (Phi) is 3.99. The molecule has 0 aliphatic heterocycles. The second-order valence-electron chi connectivity index (χ2n) is 4.69. The zero-order valence-electron chi connectivity index (χ0n) is 10.8. The highest BCUT2D eigenvalue weighted by molar-refractivity contribution is 6.34. The number of halogens is 1. The molecule has 5 heteroatoms. The van der Waals surface area contributed by atoms with Crippen LogP contribution in [0.5, 0.6) is 0 Å². The van der Waals surface area contributed by atoms with Gasteiger partial charge in [0.1, 0.15) is 0 Å². The standard InChI is InChI=1S/C13H17ClN4/c1-9(8-18(2)3)15-13-11-7-5-4-6-10(11)12(14)16-17-13/h4-7,9H,8H2,1-3H3,(H,15,17). The minimum atomic E-state index is 0.291. The summed E-state index contributed by atoms with van der Waals surface area (Å²) >= 11 is 6.04. The minimum absolute atomic E-state index is 0.291. The lowest BCUT2D eigenvalue weighted by Crippen LogP contribution is -2.30. The number of hydrogen-bond donors (Lipinski definition) is 1.